The molecule has 0 aliphatic rings. The van der Waals surface area contributed by atoms with Gasteiger partial charge in [0.15, 0.2) is 0 Å². The smallest absolute Gasteiger partial charge is 0.306 e. The van der Waals surface area contributed by atoms with E-state index < -0.39 is 11.9 Å². The topological polar surface area (TPSA) is 87.2 Å². The maximum atomic E-state index is 11.0. The van der Waals surface area contributed by atoms with Crippen molar-refractivity contribution >= 4 is 22.7 Å². The van der Waals surface area contributed by atoms with Crippen molar-refractivity contribution in [3.8, 4) is 5.75 Å². The second kappa shape index (κ2) is 8.38. The third kappa shape index (κ3) is 4.75. The summed E-state index contributed by atoms with van der Waals surface area (Å²) in [6.07, 6.45) is 3.11. The summed E-state index contributed by atoms with van der Waals surface area (Å²) in [5, 5.41) is 13.3. The SMILES string of the molecule is CC(Cc1cc2cc(OCCCNc3ccccn3)ccc2[nH]1)C(=O)O. The molecule has 0 aliphatic heterocycles. The molecule has 0 aliphatic carbocycles. The number of aromatic amines is 1. The van der Waals surface area contributed by atoms with Gasteiger partial charge in [-0.05, 0) is 42.8 Å². The highest BCUT2D eigenvalue weighted by atomic mass is 16.5. The zero-order valence-electron chi connectivity index (χ0n) is 14.7. The van der Waals surface area contributed by atoms with Gasteiger partial charge in [-0.15, -0.1) is 0 Å². The van der Waals surface area contributed by atoms with Gasteiger partial charge in [-0.25, -0.2) is 4.98 Å². The number of ether oxygens (including phenoxy) is 1. The Morgan fingerprint density at radius 3 is 2.96 bits per heavy atom. The van der Waals surface area contributed by atoms with Gasteiger partial charge in [0.25, 0.3) is 0 Å². The average molecular weight is 353 g/mol. The number of aromatic nitrogens is 2. The standard InChI is InChI=1S/C20H23N3O3/c1-14(20(24)25)11-16-12-15-13-17(6-7-18(15)23-16)26-10-4-9-22-19-5-2-3-8-21-19/h2-3,5-8,12-14,23H,4,9-11H2,1H3,(H,21,22)(H,24,25). The predicted molar refractivity (Wildman–Crippen MR) is 102 cm³/mol. The van der Waals surface area contributed by atoms with Crippen molar-refractivity contribution in [2.75, 3.05) is 18.5 Å². The van der Waals surface area contributed by atoms with Gasteiger partial charge < -0.3 is 20.1 Å². The van der Waals surface area contributed by atoms with Crippen LogP contribution in [0.15, 0.2) is 48.7 Å². The Morgan fingerprint density at radius 1 is 1.31 bits per heavy atom. The Balaban J connectivity index is 1.50. The Morgan fingerprint density at radius 2 is 2.19 bits per heavy atom. The minimum atomic E-state index is -0.785. The van der Waals surface area contributed by atoms with Gasteiger partial charge in [0.05, 0.1) is 12.5 Å². The van der Waals surface area contributed by atoms with Crippen molar-refractivity contribution in [1.29, 1.82) is 0 Å². The molecular formula is C20H23N3O3. The molecule has 1 atom stereocenters. The molecule has 2 heterocycles. The molecule has 0 saturated heterocycles. The van der Waals surface area contributed by atoms with Crippen molar-refractivity contribution in [3.63, 3.8) is 0 Å². The molecule has 1 unspecified atom stereocenters. The van der Waals surface area contributed by atoms with Gasteiger partial charge >= 0.3 is 5.97 Å². The number of pyridine rings is 1. The van der Waals surface area contributed by atoms with Crippen LogP contribution in [0.4, 0.5) is 5.82 Å². The van der Waals surface area contributed by atoms with Gasteiger partial charge in [0.2, 0.25) is 0 Å². The first kappa shape index (κ1) is 17.8. The minimum absolute atomic E-state index is 0.412. The fourth-order valence-corrected chi connectivity index (χ4v) is 2.73. The number of hydrogen-bond acceptors (Lipinski definition) is 4. The number of nitrogens with one attached hydrogen (secondary N) is 2. The minimum Gasteiger partial charge on any atom is -0.494 e. The number of carboxylic acid groups (broad SMARTS) is 1. The molecule has 3 N–H and O–H groups in total. The van der Waals surface area contributed by atoms with E-state index in [2.05, 4.69) is 15.3 Å². The Hall–Kier alpha value is -3.02. The number of H-pyrrole nitrogens is 1. The van der Waals surface area contributed by atoms with Crippen LogP contribution in [0.3, 0.4) is 0 Å². The van der Waals surface area contributed by atoms with Gasteiger partial charge in [-0.3, -0.25) is 4.79 Å². The molecule has 2 aromatic heterocycles. The van der Waals surface area contributed by atoms with E-state index in [1.807, 2.05) is 42.5 Å². The highest BCUT2D eigenvalue weighted by Crippen LogP contribution is 2.23. The maximum Gasteiger partial charge on any atom is 0.306 e. The summed E-state index contributed by atoms with van der Waals surface area (Å²) in [5.41, 5.74) is 1.91. The molecule has 26 heavy (non-hydrogen) atoms. The number of hydrogen-bond donors (Lipinski definition) is 3. The molecule has 0 saturated carbocycles. The summed E-state index contributed by atoms with van der Waals surface area (Å²) in [5.74, 6) is 0.480. The molecule has 0 fully saturated rings. The van der Waals surface area contributed by atoms with Crippen molar-refractivity contribution in [1.82, 2.24) is 9.97 Å². The normalized spacial score (nSPS) is 12.0. The van der Waals surface area contributed by atoms with Crippen LogP contribution in [0.25, 0.3) is 10.9 Å². The number of nitrogens with zero attached hydrogens (tertiary/aromatic N) is 1. The fourth-order valence-electron chi connectivity index (χ4n) is 2.73. The average Bonchev–Trinajstić information content (AvgIpc) is 3.03. The first-order valence-electron chi connectivity index (χ1n) is 8.74. The lowest BCUT2D eigenvalue weighted by Crippen LogP contribution is -2.12. The fraction of sp³-hybridized carbons (Fsp3) is 0.300. The van der Waals surface area contributed by atoms with Crippen LogP contribution < -0.4 is 10.1 Å². The van der Waals surface area contributed by atoms with Gasteiger partial charge in [-0.1, -0.05) is 13.0 Å². The van der Waals surface area contributed by atoms with Crippen molar-refractivity contribution in [2.45, 2.75) is 19.8 Å². The number of rotatable bonds is 9. The van der Waals surface area contributed by atoms with E-state index in [1.54, 1.807) is 13.1 Å². The first-order chi connectivity index (χ1) is 12.6. The lowest BCUT2D eigenvalue weighted by molar-refractivity contribution is -0.141. The largest absolute Gasteiger partial charge is 0.494 e. The predicted octanol–water partition coefficient (Wildman–Crippen LogP) is 3.71. The van der Waals surface area contributed by atoms with Gasteiger partial charge in [0, 0.05) is 35.8 Å². The Bertz CT molecular complexity index is 861. The van der Waals surface area contributed by atoms with Gasteiger partial charge in [0.1, 0.15) is 11.6 Å². The number of carbonyl (C=O) groups is 1. The molecule has 136 valence electrons. The Labute approximate surface area is 152 Å². The molecule has 0 amide bonds. The zero-order valence-corrected chi connectivity index (χ0v) is 14.7. The molecule has 1 aromatic carbocycles. The molecule has 0 bridgehead atoms. The summed E-state index contributed by atoms with van der Waals surface area (Å²) in [6.45, 7) is 3.11. The molecule has 3 rings (SSSR count). The molecule has 3 aromatic rings. The van der Waals surface area contributed by atoms with E-state index in [9.17, 15) is 4.79 Å². The molecular weight excluding hydrogens is 330 g/mol. The van der Waals surface area contributed by atoms with Crippen molar-refractivity contribution < 1.29 is 14.6 Å². The summed E-state index contributed by atoms with van der Waals surface area (Å²) >= 11 is 0. The summed E-state index contributed by atoms with van der Waals surface area (Å²) < 4.78 is 5.81. The summed E-state index contributed by atoms with van der Waals surface area (Å²) in [4.78, 5) is 18.5. The highest BCUT2D eigenvalue weighted by molar-refractivity contribution is 5.82. The molecule has 0 spiro atoms. The van der Waals surface area contributed by atoms with Crippen LogP contribution in [0.1, 0.15) is 19.0 Å². The van der Waals surface area contributed by atoms with Crippen LogP contribution in [-0.4, -0.2) is 34.2 Å². The maximum absolute atomic E-state index is 11.0. The van der Waals surface area contributed by atoms with E-state index in [4.69, 9.17) is 9.84 Å². The number of anilines is 1. The number of aliphatic carboxylic acids is 1. The lowest BCUT2D eigenvalue weighted by atomic mass is 10.1. The molecule has 6 nitrogen and oxygen atoms in total. The quantitative estimate of drug-likeness (QED) is 0.511. The van der Waals surface area contributed by atoms with Crippen molar-refractivity contribution in [2.24, 2.45) is 5.92 Å². The third-order valence-corrected chi connectivity index (χ3v) is 4.16. The molecule has 6 heteroatoms. The van der Waals surface area contributed by atoms with E-state index in [1.165, 1.54) is 0 Å². The van der Waals surface area contributed by atoms with E-state index >= 15 is 0 Å². The number of benzene rings is 1. The van der Waals surface area contributed by atoms with E-state index in [0.29, 0.717) is 13.0 Å². The van der Waals surface area contributed by atoms with Crippen LogP contribution >= 0.6 is 0 Å². The first-order valence-corrected chi connectivity index (χ1v) is 8.74. The lowest BCUT2D eigenvalue weighted by Gasteiger charge is -2.07. The zero-order chi connectivity index (χ0) is 18.4. The van der Waals surface area contributed by atoms with Crippen LogP contribution in [0, 0.1) is 5.92 Å². The monoisotopic (exact) mass is 353 g/mol. The second-order valence-corrected chi connectivity index (χ2v) is 6.33. The van der Waals surface area contributed by atoms with E-state index in [-0.39, 0.29) is 0 Å². The molecule has 0 radical (unpaired) electrons. The second-order valence-electron chi connectivity index (χ2n) is 6.33. The van der Waals surface area contributed by atoms with Gasteiger partial charge in [-0.2, -0.15) is 0 Å². The van der Waals surface area contributed by atoms with Crippen LogP contribution in [0.2, 0.25) is 0 Å². The summed E-state index contributed by atoms with van der Waals surface area (Å²) in [7, 11) is 0. The Kier molecular flexibility index (Phi) is 5.73. The van der Waals surface area contributed by atoms with Crippen LogP contribution in [0.5, 0.6) is 5.75 Å². The number of carboxylic acids is 1. The summed E-state index contributed by atoms with van der Waals surface area (Å²) in [6, 6.07) is 13.6. The van der Waals surface area contributed by atoms with Crippen LogP contribution in [-0.2, 0) is 11.2 Å². The van der Waals surface area contributed by atoms with E-state index in [0.717, 1.165) is 41.1 Å². The van der Waals surface area contributed by atoms with Crippen molar-refractivity contribution in [3.05, 3.63) is 54.4 Å². The highest BCUT2D eigenvalue weighted by Gasteiger charge is 2.13. The number of fused-ring (bicyclic) bond motifs is 1. The third-order valence-electron chi connectivity index (χ3n) is 4.16.